The molecule has 34 heavy (non-hydrogen) atoms. The summed E-state index contributed by atoms with van der Waals surface area (Å²) in [6, 6.07) is 15.9. The highest BCUT2D eigenvalue weighted by Gasteiger charge is 2.24. The van der Waals surface area contributed by atoms with Crippen molar-refractivity contribution < 1.29 is 13.6 Å². The molecule has 1 aliphatic heterocycles. The van der Waals surface area contributed by atoms with Gasteiger partial charge in [-0.1, -0.05) is 6.07 Å². The van der Waals surface area contributed by atoms with E-state index in [1.165, 1.54) is 29.8 Å². The highest BCUT2D eigenvalue weighted by molar-refractivity contribution is 5.90. The number of aromatic nitrogens is 1. The predicted molar refractivity (Wildman–Crippen MR) is 132 cm³/mol. The Morgan fingerprint density at radius 3 is 1.82 bits per heavy atom. The molecule has 178 valence electrons. The maximum atomic E-state index is 12.9. The van der Waals surface area contributed by atoms with Gasteiger partial charge in [0.2, 0.25) is 5.91 Å². The Labute approximate surface area is 199 Å². The standard InChI is InChI=1S/C14H16FNO.C14H14FNO/c2*1-3-16-13(17)9-4-10(2)14(16)11-5-7-12(15)8-6-11/h5-8H,3-4,9H2,1-2H3;4-9H,3H2,1-2H3. The molecule has 6 heteroatoms. The van der Waals surface area contributed by atoms with Crippen LogP contribution >= 0.6 is 0 Å². The number of aryl methyl sites for hydroxylation is 1. The van der Waals surface area contributed by atoms with Crippen LogP contribution in [0.5, 0.6) is 0 Å². The van der Waals surface area contributed by atoms with Crippen molar-refractivity contribution in [1.82, 2.24) is 9.47 Å². The molecule has 0 aliphatic carbocycles. The number of carbonyl (C=O) groups excluding carboxylic acids is 1. The van der Waals surface area contributed by atoms with Crippen LogP contribution in [0.15, 0.2) is 71.0 Å². The Morgan fingerprint density at radius 2 is 1.29 bits per heavy atom. The topological polar surface area (TPSA) is 42.3 Å². The Hall–Kier alpha value is -3.54. The number of pyridine rings is 1. The minimum Gasteiger partial charge on any atom is -0.312 e. The van der Waals surface area contributed by atoms with E-state index in [2.05, 4.69) is 0 Å². The van der Waals surface area contributed by atoms with E-state index in [0.717, 1.165) is 34.5 Å². The van der Waals surface area contributed by atoms with Crippen LogP contribution in [0.3, 0.4) is 0 Å². The summed E-state index contributed by atoms with van der Waals surface area (Å²) in [6.45, 7) is 9.13. The minimum atomic E-state index is -0.271. The molecule has 0 spiro atoms. The largest absolute Gasteiger partial charge is 0.312 e. The zero-order valence-corrected chi connectivity index (χ0v) is 20.1. The molecule has 0 atom stereocenters. The zero-order valence-electron chi connectivity index (χ0n) is 20.1. The minimum absolute atomic E-state index is 0.0302. The normalized spacial score (nSPS) is 13.6. The number of benzene rings is 2. The molecule has 0 saturated carbocycles. The number of carbonyl (C=O) groups is 1. The Kier molecular flexibility index (Phi) is 8.16. The summed E-state index contributed by atoms with van der Waals surface area (Å²) in [5, 5.41) is 0. The maximum absolute atomic E-state index is 12.9. The summed E-state index contributed by atoms with van der Waals surface area (Å²) < 4.78 is 27.5. The molecule has 2 heterocycles. The van der Waals surface area contributed by atoms with E-state index in [0.29, 0.717) is 19.5 Å². The number of hydrogen-bond acceptors (Lipinski definition) is 2. The van der Waals surface area contributed by atoms with Crippen molar-refractivity contribution in [2.75, 3.05) is 6.54 Å². The molecule has 4 nitrogen and oxygen atoms in total. The fourth-order valence-electron chi connectivity index (χ4n) is 4.24. The Balaban J connectivity index is 0.000000191. The molecule has 2 aromatic carbocycles. The second kappa shape index (κ2) is 11.1. The van der Waals surface area contributed by atoms with Crippen LogP contribution in [0, 0.1) is 18.6 Å². The van der Waals surface area contributed by atoms with E-state index in [1.54, 1.807) is 45.9 Å². The second-order valence-electron chi connectivity index (χ2n) is 8.23. The summed E-state index contributed by atoms with van der Waals surface area (Å²) in [6.07, 6.45) is 1.37. The first-order valence-electron chi connectivity index (χ1n) is 11.5. The van der Waals surface area contributed by atoms with Crippen LogP contribution in [-0.4, -0.2) is 21.9 Å². The van der Waals surface area contributed by atoms with Gasteiger partial charge in [0.1, 0.15) is 11.6 Å². The molecule has 0 fully saturated rings. The van der Waals surface area contributed by atoms with Crippen LogP contribution in [0.2, 0.25) is 0 Å². The highest BCUT2D eigenvalue weighted by Crippen LogP contribution is 2.30. The molecule has 1 aliphatic rings. The number of allylic oxidation sites excluding steroid dienone is 1. The molecule has 0 radical (unpaired) electrons. The van der Waals surface area contributed by atoms with E-state index >= 15 is 0 Å². The van der Waals surface area contributed by atoms with Crippen molar-refractivity contribution in [2.24, 2.45) is 0 Å². The fraction of sp³-hybridized carbons (Fsp3) is 0.286. The van der Waals surface area contributed by atoms with Crippen molar-refractivity contribution >= 4 is 11.6 Å². The van der Waals surface area contributed by atoms with Gasteiger partial charge in [-0.3, -0.25) is 9.59 Å². The lowest BCUT2D eigenvalue weighted by Gasteiger charge is -2.30. The summed E-state index contributed by atoms with van der Waals surface area (Å²) in [5.74, 6) is -0.373. The van der Waals surface area contributed by atoms with Gasteiger partial charge in [0.25, 0.3) is 5.56 Å². The lowest BCUT2D eigenvalue weighted by molar-refractivity contribution is -0.128. The third-order valence-corrected chi connectivity index (χ3v) is 5.94. The average molecular weight is 465 g/mol. The molecule has 3 aromatic rings. The highest BCUT2D eigenvalue weighted by atomic mass is 19.1. The van der Waals surface area contributed by atoms with Gasteiger partial charge in [-0.15, -0.1) is 0 Å². The van der Waals surface area contributed by atoms with Crippen LogP contribution in [-0.2, 0) is 11.3 Å². The van der Waals surface area contributed by atoms with Gasteiger partial charge in [0.05, 0.1) is 5.69 Å². The van der Waals surface area contributed by atoms with Gasteiger partial charge in [-0.2, -0.15) is 0 Å². The second-order valence-corrected chi connectivity index (χ2v) is 8.23. The van der Waals surface area contributed by atoms with Crippen LogP contribution in [0.1, 0.15) is 44.7 Å². The lowest BCUT2D eigenvalue weighted by atomic mass is 9.98. The van der Waals surface area contributed by atoms with Crippen LogP contribution in [0.4, 0.5) is 8.78 Å². The number of hydrogen-bond donors (Lipinski definition) is 0. The molecule has 1 amide bonds. The molecule has 0 bridgehead atoms. The fourth-order valence-corrected chi connectivity index (χ4v) is 4.24. The van der Waals surface area contributed by atoms with Gasteiger partial charge in [-0.25, -0.2) is 8.78 Å². The smallest absolute Gasteiger partial charge is 0.250 e. The van der Waals surface area contributed by atoms with Gasteiger partial charge in [0, 0.05) is 31.3 Å². The maximum Gasteiger partial charge on any atom is 0.250 e. The molecular formula is C28H30F2N2O2. The van der Waals surface area contributed by atoms with Crippen molar-refractivity contribution in [1.29, 1.82) is 0 Å². The number of rotatable bonds is 4. The van der Waals surface area contributed by atoms with Crippen molar-refractivity contribution in [2.45, 2.75) is 47.1 Å². The third-order valence-electron chi connectivity index (χ3n) is 5.94. The Bertz CT molecular complexity index is 1240. The monoisotopic (exact) mass is 464 g/mol. The molecule has 0 N–H and O–H groups in total. The van der Waals surface area contributed by atoms with E-state index in [1.807, 2.05) is 27.7 Å². The number of amides is 1. The number of nitrogens with zero attached hydrogens (tertiary/aromatic N) is 2. The first-order chi connectivity index (χ1) is 16.3. The zero-order chi connectivity index (χ0) is 24.8. The van der Waals surface area contributed by atoms with Crippen molar-refractivity contribution in [3.05, 3.63) is 99.4 Å². The quantitative estimate of drug-likeness (QED) is 0.463. The molecule has 1 aromatic heterocycles. The summed E-state index contributed by atoms with van der Waals surface area (Å²) in [7, 11) is 0. The van der Waals surface area contributed by atoms with E-state index in [9.17, 15) is 18.4 Å². The lowest BCUT2D eigenvalue weighted by Crippen LogP contribution is -2.32. The number of halogens is 2. The first kappa shape index (κ1) is 25.1. The first-order valence-corrected chi connectivity index (χ1v) is 11.5. The summed E-state index contributed by atoms with van der Waals surface area (Å²) in [5.41, 5.74) is 5.76. The van der Waals surface area contributed by atoms with Crippen LogP contribution in [0.25, 0.3) is 17.0 Å². The molecular weight excluding hydrogens is 434 g/mol. The molecule has 4 rings (SSSR count). The predicted octanol–water partition coefficient (Wildman–Crippen LogP) is 6.18. The SMILES string of the molecule is CCN1C(=O)CCC(C)=C1c1ccc(F)cc1.CCn1c(-c2ccc(F)cc2)c(C)ccc1=O. The van der Waals surface area contributed by atoms with Gasteiger partial charge >= 0.3 is 0 Å². The van der Waals surface area contributed by atoms with E-state index < -0.39 is 0 Å². The van der Waals surface area contributed by atoms with Crippen molar-refractivity contribution in [3.8, 4) is 11.3 Å². The summed E-state index contributed by atoms with van der Waals surface area (Å²) in [4.78, 5) is 25.4. The molecule has 0 saturated heterocycles. The van der Waals surface area contributed by atoms with Gasteiger partial charge in [-0.05, 0) is 105 Å². The summed E-state index contributed by atoms with van der Waals surface area (Å²) >= 11 is 0. The average Bonchev–Trinajstić information content (AvgIpc) is 2.83. The van der Waals surface area contributed by atoms with Crippen LogP contribution < -0.4 is 5.56 Å². The Morgan fingerprint density at radius 1 is 0.735 bits per heavy atom. The van der Waals surface area contributed by atoms with E-state index in [-0.39, 0.29) is 23.1 Å². The molecule has 0 unspecified atom stereocenters. The van der Waals surface area contributed by atoms with Crippen molar-refractivity contribution in [3.63, 3.8) is 0 Å². The van der Waals surface area contributed by atoms with E-state index in [4.69, 9.17) is 0 Å². The van der Waals surface area contributed by atoms with Gasteiger partial charge < -0.3 is 9.47 Å². The third kappa shape index (κ3) is 5.50. The van der Waals surface area contributed by atoms with Gasteiger partial charge in [0.15, 0.2) is 0 Å².